The first-order valence-corrected chi connectivity index (χ1v) is 11.7. The number of hydrogen-bond donors (Lipinski definition) is 2. The lowest BCUT2D eigenvalue weighted by atomic mass is 10.1. The largest absolute Gasteiger partial charge is 0.494 e. The molecule has 190 valence electrons. The number of benzene rings is 3. The molecule has 0 amide bonds. The fourth-order valence-electron chi connectivity index (χ4n) is 3.78. The zero-order chi connectivity index (χ0) is 25.9. The van der Waals surface area contributed by atoms with Crippen molar-refractivity contribution >= 4 is 11.9 Å². The second kappa shape index (κ2) is 13.2. The van der Waals surface area contributed by atoms with Gasteiger partial charge in [0, 0.05) is 19.6 Å². The van der Waals surface area contributed by atoms with Crippen LogP contribution in [0, 0.1) is 6.92 Å². The van der Waals surface area contributed by atoms with Gasteiger partial charge in [0.1, 0.15) is 5.75 Å². The Kier molecular flexibility index (Phi) is 9.71. The van der Waals surface area contributed by atoms with Crippen LogP contribution in [0.4, 0.5) is 0 Å². The fraction of sp³-hybridized carbons (Fsp3) is 0.286. The van der Waals surface area contributed by atoms with Gasteiger partial charge in [0.2, 0.25) is 6.79 Å². The van der Waals surface area contributed by atoms with Crippen LogP contribution in [-0.2, 0) is 29.1 Å². The van der Waals surface area contributed by atoms with Gasteiger partial charge in [-0.25, -0.2) is 9.59 Å². The van der Waals surface area contributed by atoms with Crippen molar-refractivity contribution in [2.75, 3.05) is 19.9 Å². The molecule has 0 saturated carbocycles. The molecule has 0 spiro atoms. The molecular weight excluding hydrogens is 462 g/mol. The number of ether oxygens (including phenoxy) is 3. The first-order chi connectivity index (χ1) is 17.3. The first-order valence-electron chi connectivity index (χ1n) is 11.7. The highest BCUT2D eigenvalue weighted by atomic mass is 16.7. The van der Waals surface area contributed by atoms with Crippen LogP contribution in [0.15, 0.2) is 66.7 Å². The van der Waals surface area contributed by atoms with Crippen molar-refractivity contribution in [2.24, 2.45) is 0 Å². The van der Waals surface area contributed by atoms with Gasteiger partial charge < -0.3 is 24.4 Å². The fourth-order valence-corrected chi connectivity index (χ4v) is 3.78. The van der Waals surface area contributed by atoms with Crippen LogP contribution in [0.2, 0.25) is 0 Å². The van der Waals surface area contributed by atoms with Crippen molar-refractivity contribution in [3.05, 3.63) is 89.0 Å². The zero-order valence-electron chi connectivity index (χ0n) is 20.5. The van der Waals surface area contributed by atoms with Crippen molar-refractivity contribution in [1.82, 2.24) is 4.90 Å². The monoisotopic (exact) mass is 493 g/mol. The van der Waals surface area contributed by atoms with Crippen LogP contribution < -0.4 is 14.2 Å². The lowest BCUT2D eigenvalue weighted by molar-refractivity contribution is -0.159. The zero-order valence-corrected chi connectivity index (χ0v) is 20.5. The molecule has 0 atom stereocenters. The molecule has 1 aliphatic rings. The summed E-state index contributed by atoms with van der Waals surface area (Å²) in [7, 11) is 0. The summed E-state index contributed by atoms with van der Waals surface area (Å²) in [6.07, 6.45) is 0.958. The molecule has 8 nitrogen and oxygen atoms in total. The topological polar surface area (TPSA) is 106 Å². The lowest BCUT2D eigenvalue weighted by Gasteiger charge is -2.23. The second-order valence-electron chi connectivity index (χ2n) is 8.32. The van der Waals surface area contributed by atoms with E-state index < -0.39 is 11.9 Å². The number of carbonyl (C=O) groups is 2. The Hall–Kier alpha value is -4.04. The smallest absolute Gasteiger partial charge is 0.414 e. The van der Waals surface area contributed by atoms with Crippen molar-refractivity contribution < 1.29 is 34.0 Å². The minimum Gasteiger partial charge on any atom is -0.494 e. The third-order valence-corrected chi connectivity index (χ3v) is 5.47. The molecule has 0 fully saturated rings. The predicted molar refractivity (Wildman–Crippen MR) is 134 cm³/mol. The normalized spacial score (nSPS) is 11.5. The molecule has 0 aliphatic carbocycles. The molecule has 0 saturated heterocycles. The maximum absolute atomic E-state index is 9.10. The number of fused-ring (bicyclic) bond motifs is 1. The number of nitrogens with zero attached hydrogens (tertiary/aromatic N) is 1. The molecular formula is C28H31NO7. The Balaban J connectivity index is 0.000000538. The van der Waals surface area contributed by atoms with E-state index in [0.29, 0.717) is 13.4 Å². The third kappa shape index (κ3) is 8.32. The Morgan fingerprint density at radius 2 is 1.53 bits per heavy atom. The summed E-state index contributed by atoms with van der Waals surface area (Å²) < 4.78 is 16.5. The highest BCUT2D eigenvalue weighted by Crippen LogP contribution is 2.32. The molecule has 1 aliphatic heterocycles. The Morgan fingerprint density at radius 1 is 0.861 bits per heavy atom. The average Bonchev–Trinajstić information content (AvgIpc) is 3.32. The number of carboxylic acid groups (broad SMARTS) is 2. The first kappa shape index (κ1) is 26.6. The average molecular weight is 494 g/mol. The molecule has 3 aromatic carbocycles. The Bertz CT molecular complexity index is 1150. The molecule has 0 bridgehead atoms. The molecule has 0 radical (unpaired) electrons. The standard InChI is InChI=1S/C26H29NO3.C2H2O4/c1-3-28-24-10-7-22(8-11-24)17-27(18-23-6-4-5-20(2)15-23)14-13-21-9-12-25-26(16-21)30-19-29-25;3-1(4)2(5)6/h4-12,15-16H,3,13-14,17-19H2,1-2H3;(H,3,4)(H,5,6). The van der Waals surface area contributed by atoms with Crippen LogP contribution >= 0.6 is 0 Å². The van der Waals surface area contributed by atoms with Gasteiger partial charge >= 0.3 is 11.9 Å². The van der Waals surface area contributed by atoms with Gasteiger partial charge in [0.05, 0.1) is 6.61 Å². The number of aryl methyl sites for hydroxylation is 1. The molecule has 0 unspecified atom stereocenters. The van der Waals surface area contributed by atoms with E-state index >= 15 is 0 Å². The molecule has 1 heterocycles. The number of rotatable bonds is 9. The Labute approximate surface area is 210 Å². The number of aliphatic carboxylic acids is 2. The van der Waals surface area contributed by atoms with E-state index in [2.05, 4.69) is 72.5 Å². The van der Waals surface area contributed by atoms with E-state index in [9.17, 15) is 0 Å². The van der Waals surface area contributed by atoms with E-state index in [1.165, 1.54) is 22.3 Å². The van der Waals surface area contributed by atoms with Crippen LogP contribution in [0.1, 0.15) is 29.2 Å². The Morgan fingerprint density at radius 3 is 2.19 bits per heavy atom. The summed E-state index contributed by atoms with van der Waals surface area (Å²) in [5.74, 6) is -1.04. The van der Waals surface area contributed by atoms with Gasteiger partial charge in [0.15, 0.2) is 11.5 Å². The van der Waals surface area contributed by atoms with Gasteiger partial charge in [-0.15, -0.1) is 0 Å². The van der Waals surface area contributed by atoms with E-state index in [0.717, 1.165) is 43.3 Å². The van der Waals surface area contributed by atoms with Gasteiger partial charge in [-0.05, 0) is 61.2 Å². The summed E-state index contributed by atoms with van der Waals surface area (Å²) in [5, 5.41) is 14.8. The SMILES string of the molecule is CCOc1ccc(CN(CCc2ccc3c(c2)OCO3)Cc2cccc(C)c2)cc1.O=C(O)C(=O)O. The molecule has 2 N–H and O–H groups in total. The van der Waals surface area contributed by atoms with Crippen LogP contribution in [0.5, 0.6) is 17.2 Å². The quantitative estimate of drug-likeness (QED) is 0.419. The summed E-state index contributed by atoms with van der Waals surface area (Å²) in [4.78, 5) is 20.7. The van der Waals surface area contributed by atoms with Crippen molar-refractivity contribution in [1.29, 1.82) is 0 Å². The summed E-state index contributed by atoms with van der Waals surface area (Å²) in [6.45, 7) is 7.93. The highest BCUT2D eigenvalue weighted by molar-refractivity contribution is 6.27. The molecule has 4 rings (SSSR count). The van der Waals surface area contributed by atoms with E-state index in [4.69, 9.17) is 34.0 Å². The minimum atomic E-state index is -1.82. The summed E-state index contributed by atoms with van der Waals surface area (Å²) >= 11 is 0. The maximum atomic E-state index is 9.10. The number of carboxylic acids is 2. The highest BCUT2D eigenvalue weighted by Gasteiger charge is 2.14. The van der Waals surface area contributed by atoms with Gasteiger partial charge in [-0.3, -0.25) is 4.90 Å². The van der Waals surface area contributed by atoms with Gasteiger partial charge in [0.25, 0.3) is 0 Å². The van der Waals surface area contributed by atoms with Crippen LogP contribution in [0.25, 0.3) is 0 Å². The van der Waals surface area contributed by atoms with Crippen molar-refractivity contribution in [3.63, 3.8) is 0 Å². The lowest BCUT2D eigenvalue weighted by Crippen LogP contribution is -2.25. The number of hydrogen-bond acceptors (Lipinski definition) is 6. The van der Waals surface area contributed by atoms with Crippen LogP contribution in [0.3, 0.4) is 0 Å². The predicted octanol–water partition coefficient (Wildman–Crippen LogP) is 4.52. The molecule has 0 aromatic heterocycles. The molecule has 3 aromatic rings. The second-order valence-corrected chi connectivity index (χ2v) is 8.32. The molecule has 36 heavy (non-hydrogen) atoms. The van der Waals surface area contributed by atoms with Crippen molar-refractivity contribution in [2.45, 2.75) is 33.4 Å². The van der Waals surface area contributed by atoms with E-state index in [1.807, 2.05) is 13.0 Å². The molecule has 8 heteroatoms. The van der Waals surface area contributed by atoms with Crippen LogP contribution in [-0.4, -0.2) is 47.0 Å². The van der Waals surface area contributed by atoms with Gasteiger partial charge in [-0.2, -0.15) is 0 Å². The van der Waals surface area contributed by atoms with Gasteiger partial charge in [-0.1, -0.05) is 48.0 Å². The third-order valence-electron chi connectivity index (χ3n) is 5.47. The van der Waals surface area contributed by atoms with E-state index in [-0.39, 0.29) is 0 Å². The maximum Gasteiger partial charge on any atom is 0.414 e. The minimum absolute atomic E-state index is 0.315. The van der Waals surface area contributed by atoms with Crippen molar-refractivity contribution in [3.8, 4) is 17.2 Å². The summed E-state index contributed by atoms with van der Waals surface area (Å²) in [6, 6.07) is 23.4. The van der Waals surface area contributed by atoms with E-state index in [1.54, 1.807) is 0 Å². The summed E-state index contributed by atoms with van der Waals surface area (Å²) in [5.41, 5.74) is 5.19.